The molecule has 1 heteroatoms. The second kappa shape index (κ2) is 4.08. The van der Waals surface area contributed by atoms with E-state index in [2.05, 4.69) is 27.7 Å². The van der Waals surface area contributed by atoms with Gasteiger partial charge in [0.05, 0.1) is 0 Å². The van der Waals surface area contributed by atoms with Gasteiger partial charge in [0.15, 0.2) is 0 Å². The summed E-state index contributed by atoms with van der Waals surface area (Å²) in [5.41, 5.74) is 8.12. The van der Waals surface area contributed by atoms with Crippen LogP contribution in [0.2, 0.25) is 0 Å². The predicted molar refractivity (Wildman–Crippen MR) is 76.3 cm³/mol. The third-order valence-corrected chi connectivity index (χ3v) is 5.21. The Labute approximate surface area is 111 Å². The molecule has 0 bridgehead atoms. The van der Waals surface area contributed by atoms with Crippen LogP contribution in [0, 0.1) is 0 Å². The lowest BCUT2D eigenvalue weighted by Gasteiger charge is -2.29. The van der Waals surface area contributed by atoms with E-state index in [1.165, 1.54) is 49.9 Å². The zero-order valence-electron chi connectivity index (χ0n) is 12.3. The molecule has 1 aromatic rings. The van der Waals surface area contributed by atoms with Gasteiger partial charge in [0.25, 0.3) is 0 Å². The third-order valence-electron chi connectivity index (χ3n) is 5.21. The molecule has 1 nitrogen and oxygen atoms in total. The molecule has 1 heterocycles. The maximum atomic E-state index is 5.02. The van der Waals surface area contributed by atoms with Crippen molar-refractivity contribution in [1.82, 2.24) is 4.98 Å². The Morgan fingerprint density at radius 3 is 2.67 bits per heavy atom. The summed E-state index contributed by atoms with van der Waals surface area (Å²) in [5, 5.41) is 0. The van der Waals surface area contributed by atoms with Crippen molar-refractivity contribution >= 4 is 0 Å². The van der Waals surface area contributed by atoms with Crippen LogP contribution < -0.4 is 0 Å². The van der Waals surface area contributed by atoms with Crippen LogP contribution in [0.4, 0.5) is 0 Å². The number of fused-ring (bicyclic) bond motifs is 2. The van der Waals surface area contributed by atoms with E-state index >= 15 is 0 Å². The van der Waals surface area contributed by atoms with Crippen LogP contribution >= 0.6 is 0 Å². The third kappa shape index (κ3) is 1.63. The molecular formula is C17H25N. The number of nitrogens with zero attached hydrogens (tertiary/aromatic N) is 1. The van der Waals surface area contributed by atoms with Crippen LogP contribution in [0.5, 0.6) is 0 Å². The lowest BCUT2D eigenvalue weighted by molar-refractivity contribution is 0.496. The summed E-state index contributed by atoms with van der Waals surface area (Å²) in [6.07, 6.45) is 7.58. The first-order valence-electron chi connectivity index (χ1n) is 7.59. The number of hydrogen-bond acceptors (Lipinski definition) is 1. The first-order valence-corrected chi connectivity index (χ1v) is 7.59. The largest absolute Gasteiger partial charge is 0.257 e. The normalized spacial score (nSPS) is 22.1. The van der Waals surface area contributed by atoms with Crippen LogP contribution in [0.15, 0.2) is 0 Å². The van der Waals surface area contributed by atoms with Crippen LogP contribution in [-0.4, -0.2) is 4.98 Å². The van der Waals surface area contributed by atoms with E-state index in [-0.39, 0.29) is 0 Å². The van der Waals surface area contributed by atoms with Crippen molar-refractivity contribution in [3.63, 3.8) is 0 Å². The van der Waals surface area contributed by atoms with Gasteiger partial charge < -0.3 is 0 Å². The number of pyridine rings is 1. The molecule has 0 spiro atoms. The van der Waals surface area contributed by atoms with E-state index in [4.69, 9.17) is 4.98 Å². The van der Waals surface area contributed by atoms with E-state index < -0.39 is 0 Å². The number of aromatic nitrogens is 1. The summed E-state index contributed by atoms with van der Waals surface area (Å²) in [5.74, 6) is 0.678. The van der Waals surface area contributed by atoms with Gasteiger partial charge in [-0.05, 0) is 66.5 Å². The maximum absolute atomic E-state index is 5.02. The molecule has 0 saturated heterocycles. The van der Waals surface area contributed by atoms with Gasteiger partial charge in [-0.25, -0.2) is 0 Å². The van der Waals surface area contributed by atoms with E-state index in [0.29, 0.717) is 11.3 Å². The van der Waals surface area contributed by atoms with Gasteiger partial charge in [0.1, 0.15) is 0 Å². The standard InChI is InChI=1S/C17H25N/c1-5-17(3,4)15-12-7-6-8-14(12)18-16-11(2)9-10-13(15)16/h11H,5-10H2,1-4H3/t11-/m1/s1. The molecule has 0 unspecified atom stereocenters. The minimum Gasteiger partial charge on any atom is -0.257 e. The molecule has 2 aliphatic carbocycles. The van der Waals surface area contributed by atoms with Crippen molar-refractivity contribution in [1.29, 1.82) is 0 Å². The highest BCUT2D eigenvalue weighted by Gasteiger charge is 2.34. The minimum atomic E-state index is 0.325. The Morgan fingerprint density at radius 2 is 1.94 bits per heavy atom. The molecule has 1 atom stereocenters. The van der Waals surface area contributed by atoms with Crippen molar-refractivity contribution in [3.05, 3.63) is 28.1 Å². The molecule has 98 valence electrons. The Balaban J connectivity index is 2.26. The van der Waals surface area contributed by atoms with Crippen LogP contribution in [0.1, 0.15) is 81.0 Å². The highest BCUT2D eigenvalue weighted by molar-refractivity contribution is 5.49. The Kier molecular flexibility index (Phi) is 2.76. The fraction of sp³-hybridized carbons (Fsp3) is 0.706. The van der Waals surface area contributed by atoms with Gasteiger partial charge in [-0.1, -0.05) is 27.7 Å². The fourth-order valence-corrected chi connectivity index (χ4v) is 3.80. The number of rotatable bonds is 2. The van der Waals surface area contributed by atoms with Crippen LogP contribution in [-0.2, 0) is 24.7 Å². The Morgan fingerprint density at radius 1 is 1.17 bits per heavy atom. The molecule has 1 aromatic heterocycles. The average Bonchev–Trinajstić information content (AvgIpc) is 2.94. The zero-order chi connectivity index (χ0) is 12.9. The summed E-state index contributed by atoms with van der Waals surface area (Å²) in [7, 11) is 0. The molecule has 3 rings (SSSR count). The van der Waals surface area contributed by atoms with Crippen molar-refractivity contribution in [3.8, 4) is 0 Å². The lowest BCUT2D eigenvalue weighted by Crippen LogP contribution is -2.21. The van der Waals surface area contributed by atoms with E-state index in [0.717, 1.165) is 0 Å². The monoisotopic (exact) mass is 243 g/mol. The quantitative estimate of drug-likeness (QED) is 0.754. The van der Waals surface area contributed by atoms with Crippen LogP contribution in [0.25, 0.3) is 0 Å². The predicted octanol–water partition coefficient (Wildman–Crippen LogP) is 4.31. The second-order valence-corrected chi connectivity index (χ2v) is 6.81. The molecule has 0 fully saturated rings. The SMILES string of the molecule is CCC(C)(C)c1c2c(nc3c1CC[C@H]3C)CCC2. The highest BCUT2D eigenvalue weighted by Crippen LogP contribution is 2.43. The smallest absolute Gasteiger partial charge is 0.0470 e. The minimum absolute atomic E-state index is 0.325. The molecule has 0 aromatic carbocycles. The molecule has 0 N–H and O–H groups in total. The summed E-state index contributed by atoms with van der Waals surface area (Å²) in [4.78, 5) is 5.02. The van der Waals surface area contributed by atoms with Crippen molar-refractivity contribution in [2.24, 2.45) is 0 Å². The van der Waals surface area contributed by atoms with Crippen molar-refractivity contribution in [2.75, 3.05) is 0 Å². The second-order valence-electron chi connectivity index (χ2n) is 6.81. The van der Waals surface area contributed by atoms with E-state index in [1.54, 1.807) is 16.7 Å². The summed E-state index contributed by atoms with van der Waals surface area (Å²) in [6, 6.07) is 0. The molecular weight excluding hydrogens is 218 g/mol. The van der Waals surface area contributed by atoms with Gasteiger partial charge in [-0.15, -0.1) is 0 Å². The van der Waals surface area contributed by atoms with Gasteiger partial charge in [-0.3, -0.25) is 4.98 Å². The first-order chi connectivity index (χ1) is 8.54. The van der Waals surface area contributed by atoms with Crippen molar-refractivity contribution in [2.45, 2.75) is 77.6 Å². The zero-order valence-corrected chi connectivity index (χ0v) is 12.3. The molecule has 0 radical (unpaired) electrons. The molecule has 0 amide bonds. The van der Waals surface area contributed by atoms with Gasteiger partial charge in [-0.2, -0.15) is 0 Å². The maximum Gasteiger partial charge on any atom is 0.0470 e. The van der Waals surface area contributed by atoms with Crippen molar-refractivity contribution < 1.29 is 0 Å². The summed E-state index contributed by atoms with van der Waals surface area (Å²) in [6.45, 7) is 9.52. The van der Waals surface area contributed by atoms with Gasteiger partial charge >= 0.3 is 0 Å². The topological polar surface area (TPSA) is 12.9 Å². The highest BCUT2D eigenvalue weighted by atomic mass is 14.8. The van der Waals surface area contributed by atoms with E-state index in [9.17, 15) is 0 Å². The first kappa shape index (κ1) is 12.2. The fourth-order valence-electron chi connectivity index (χ4n) is 3.80. The van der Waals surface area contributed by atoms with E-state index in [1.807, 2.05) is 0 Å². The molecule has 0 saturated carbocycles. The summed E-state index contributed by atoms with van der Waals surface area (Å²) >= 11 is 0. The van der Waals surface area contributed by atoms with Gasteiger partial charge in [0, 0.05) is 11.4 Å². The summed E-state index contributed by atoms with van der Waals surface area (Å²) < 4.78 is 0. The van der Waals surface area contributed by atoms with Crippen LogP contribution in [0.3, 0.4) is 0 Å². The Bertz CT molecular complexity index is 485. The molecule has 2 aliphatic rings. The molecule has 18 heavy (non-hydrogen) atoms. The average molecular weight is 243 g/mol. The number of aryl methyl sites for hydroxylation is 1. The number of hydrogen-bond donors (Lipinski definition) is 0. The lowest BCUT2D eigenvalue weighted by atomic mass is 9.76. The Hall–Kier alpha value is -0.850. The van der Waals surface area contributed by atoms with Gasteiger partial charge in [0.2, 0.25) is 0 Å². The molecule has 0 aliphatic heterocycles.